The lowest BCUT2D eigenvalue weighted by molar-refractivity contribution is -0.274. The van der Waals surface area contributed by atoms with Crippen LogP contribution >= 0.6 is 0 Å². The van der Waals surface area contributed by atoms with Gasteiger partial charge in [0.2, 0.25) is 6.41 Å². The maximum absolute atomic E-state index is 12.8. The monoisotopic (exact) mass is 454 g/mol. The Hall–Kier alpha value is -3.31. The minimum Gasteiger partial charge on any atom is -0.406 e. The molecule has 1 heterocycles. The summed E-state index contributed by atoms with van der Waals surface area (Å²) in [6.45, 7) is 1.14. The maximum Gasteiger partial charge on any atom is 0.573 e. The summed E-state index contributed by atoms with van der Waals surface area (Å²) in [4.78, 5) is 27.4. The van der Waals surface area contributed by atoms with Crippen LogP contribution in [0.4, 0.5) is 23.7 Å². The number of likely N-dealkylation sites (tertiary alicyclic amines) is 1. The van der Waals surface area contributed by atoms with Gasteiger partial charge in [0.05, 0.1) is 18.3 Å². The molecule has 174 valence electrons. The first kappa shape index (κ1) is 23.4. The molecule has 2 aliphatic rings. The highest BCUT2D eigenvalue weighted by molar-refractivity contribution is 5.75. The van der Waals surface area contributed by atoms with E-state index in [1.165, 1.54) is 24.4 Å². The molecule has 12 heteroatoms. The SMILES string of the molecule is N=N/C(=C\Nc1cccc(OC(F)(F)F)c1)CNC(=O)N(C1CC1)[C@@H]1CCCN(C=O)C1. The fourth-order valence-corrected chi connectivity index (χ4v) is 3.62. The third-order valence-electron chi connectivity index (χ3n) is 5.18. The predicted molar refractivity (Wildman–Crippen MR) is 109 cm³/mol. The molecular weight excluding hydrogens is 429 g/mol. The van der Waals surface area contributed by atoms with Gasteiger partial charge in [-0.1, -0.05) is 6.07 Å². The molecule has 1 aromatic carbocycles. The van der Waals surface area contributed by atoms with Crippen molar-refractivity contribution in [2.24, 2.45) is 5.11 Å². The zero-order chi connectivity index (χ0) is 23.1. The Morgan fingerprint density at radius 3 is 2.75 bits per heavy atom. The van der Waals surface area contributed by atoms with Gasteiger partial charge >= 0.3 is 12.4 Å². The molecule has 3 N–H and O–H groups in total. The standard InChI is InChI=1S/C20H25F3N6O3/c21-20(22,23)32-18-5-1-3-14(9-18)25-10-15(27-24)11-26-19(31)29(16-6-7-16)17-4-2-8-28(12-17)13-30/h1,3,5,9-10,13,16-17,24-25H,2,4,6-8,11-12H2,(H,26,31)/b15-10-,27-24?/t17-/m1/s1. The second kappa shape index (κ2) is 10.3. The highest BCUT2D eigenvalue weighted by atomic mass is 19.4. The zero-order valence-corrected chi connectivity index (χ0v) is 17.3. The number of hydrogen-bond acceptors (Lipinski definition) is 6. The Morgan fingerprint density at radius 2 is 2.09 bits per heavy atom. The number of anilines is 1. The Bertz CT molecular complexity index is 859. The van der Waals surface area contributed by atoms with E-state index in [0.717, 1.165) is 38.2 Å². The Balaban J connectivity index is 1.57. The van der Waals surface area contributed by atoms with Crippen molar-refractivity contribution in [1.29, 1.82) is 5.53 Å². The quantitative estimate of drug-likeness (QED) is 0.391. The molecule has 1 saturated carbocycles. The summed E-state index contributed by atoms with van der Waals surface area (Å²) in [6.07, 6.45) is 0.801. The number of rotatable bonds is 9. The summed E-state index contributed by atoms with van der Waals surface area (Å²) in [7, 11) is 0. The number of carbonyl (C=O) groups is 2. The van der Waals surface area contributed by atoms with Crippen molar-refractivity contribution in [2.75, 3.05) is 25.0 Å². The van der Waals surface area contributed by atoms with Gasteiger partial charge in [-0.05, 0) is 37.8 Å². The summed E-state index contributed by atoms with van der Waals surface area (Å²) in [6, 6.07) is 5.02. The van der Waals surface area contributed by atoms with Crippen LogP contribution in [0.25, 0.3) is 0 Å². The van der Waals surface area contributed by atoms with Crippen molar-refractivity contribution in [3.8, 4) is 5.75 Å². The number of nitrogens with one attached hydrogen (secondary N) is 3. The minimum absolute atomic E-state index is 0.0403. The van der Waals surface area contributed by atoms with Crippen molar-refractivity contribution in [1.82, 2.24) is 15.1 Å². The molecule has 3 amide bonds. The lowest BCUT2D eigenvalue weighted by Gasteiger charge is -2.38. The highest BCUT2D eigenvalue weighted by Gasteiger charge is 2.39. The van der Waals surface area contributed by atoms with E-state index in [1.54, 1.807) is 9.80 Å². The number of hydrogen-bond donors (Lipinski definition) is 3. The van der Waals surface area contributed by atoms with Crippen LogP contribution in [0.2, 0.25) is 0 Å². The van der Waals surface area contributed by atoms with Gasteiger partial charge in [-0.15, -0.1) is 13.2 Å². The fourth-order valence-electron chi connectivity index (χ4n) is 3.62. The summed E-state index contributed by atoms with van der Waals surface area (Å²) in [5.74, 6) is -0.384. The smallest absolute Gasteiger partial charge is 0.406 e. The van der Waals surface area contributed by atoms with Crippen LogP contribution < -0.4 is 15.4 Å². The summed E-state index contributed by atoms with van der Waals surface area (Å²) in [5, 5.41) is 8.87. The molecule has 0 spiro atoms. The van der Waals surface area contributed by atoms with Crippen molar-refractivity contribution in [2.45, 2.75) is 44.1 Å². The molecule has 2 fully saturated rings. The second-order valence-electron chi connectivity index (χ2n) is 7.66. The highest BCUT2D eigenvalue weighted by Crippen LogP contribution is 2.31. The van der Waals surface area contributed by atoms with Gasteiger partial charge < -0.3 is 25.2 Å². The third kappa shape index (κ3) is 6.86. The number of urea groups is 1. The molecule has 9 nitrogen and oxygen atoms in total. The van der Waals surface area contributed by atoms with E-state index in [4.69, 9.17) is 5.53 Å². The summed E-state index contributed by atoms with van der Waals surface area (Å²) in [5.41, 5.74) is 7.79. The van der Waals surface area contributed by atoms with Crippen LogP contribution in [0.1, 0.15) is 25.7 Å². The molecule has 1 aromatic rings. The molecule has 1 atom stereocenters. The van der Waals surface area contributed by atoms with Crippen molar-refractivity contribution >= 4 is 18.1 Å². The lowest BCUT2D eigenvalue weighted by Crippen LogP contribution is -2.53. The number of piperidine rings is 1. The predicted octanol–water partition coefficient (Wildman–Crippen LogP) is 3.66. The first-order chi connectivity index (χ1) is 15.3. The van der Waals surface area contributed by atoms with Gasteiger partial charge in [0, 0.05) is 37.1 Å². The van der Waals surface area contributed by atoms with E-state index in [0.29, 0.717) is 18.8 Å². The van der Waals surface area contributed by atoms with Gasteiger partial charge in [0.25, 0.3) is 0 Å². The first-order valence-corrected chi connectivity index (χ1v) is 10.2. The van der Waals surface area contributed by atoms with Gasteiger partial charge in [-0.25, -0.2) is 10.3 Å². The molecule has 0 unspecified atom stereocenters. The van der Waals surface area contributed by atoms with Crippen molar-refractivity contribution in [3.05, 3.63) is 36.2 Å². The van der Waals surface area contributed by atoms with Gasteiger partial charge in [-0.3, -0.25) is 4.79 Å². The Morgan fingerprint density at radius 1 is 1.31 bits per heavy atom. The van der Waals surface area contributed by atoms with Crippen LogP contribution in [0.3, 0.4) is 0 Å². The average molecular weight is 454 g/mol. The van der Waals surface area contributed by atoms with Gasteiger partial charge in [0.15, 0.2) is 0 Å². The van der Waals surface area contributed by atoms with E-state index < -0.39 is 6.36 Å². The number of nitrogens with zero attached hydrogens (tertiary/aromatic N) is 3. The molecule has 1 aliphatic heterocycles. The largest absolute Gasteiger partial charge is 0.573 e. The molecule has 3 rings (SSSR count). The van der Waals surface area contributed by atoms with Crippen LogP contribution in [0.5, 0.6) is 5.75 Å². The number of amides is 3. The number of alkyl halides is 3. The maximum atomic E-state index is 12.8. The summed E-state index contributed by atoms with van der Waals surface area (Å²) >= 11 is 0. The molecule has 1 saturated heterocycles. The molecular formula is C20H25F3N6O3. The molecule has 1 aliphatic carbocycles. The van der Waals surface area contributed by atoms with E-state index in [-0.39, 0.29) is 36.1 Å². The molecule has 0 aromatic heterocycles. The van der Waals surface area contributed by atoms with Gasteiger partial charge in [0.1, 0.15) is 5.75 Å². The third-order valence-corrected chi connectivity index (χ3v) is 5.18. The van der Waals surface area contributed by atoms with Crippen molar-refractivity contribution < 1.29 is 27.5 Å². The average Bonchev–Trinajstić information content (AvgIpc) is 3.58. The molecule has 0 bridgehead atoms. The second-order valence-corrected chi connectivity index (χ2v) is 7.66. The Kier molecular flexibility index (Phi) is 7.54. The van der Waals surface area contributed by atoms with Gasteiger partial charge in [-0.2, -0.15) is 5.11 Å². The van der Waals surface area contributed by atoms with Crippen LogP contribution in [0.15, 0.2) is 41.3 Å². The van der Waals surface area contributed by atoms with Crippen LogP contribution in [-0.4, -0.2) is 60.3 Å². The number of carbonyl (C=O) groups excluding carboxylic acids is 2. The van der Waals surface area contributed by atoms with E-state index in [1.807, 2.05) is 0 Å². The number of ether oxygens (including phenoxy) is 1. The first-order valence-electron chi connectivity index (χ1n) is 10.2. The summed E-state index contributed by atoms with van der Waals surface area (Å²) < 4.78 is 41.0. The van der Waals surface area contributed by atoms with E-state index in [9.17, 15) is 22.8 Å². The minimum atomic E-state index is -4.80. The van der Waals surface area contributed by atoms with Crippen LogP contribution in [0, 0.1) is 5.53 Å². The zero-order valence-electron chi connectivity index (χ0n) is 17.3. The Labute approximate surface area is 183 Å². The number of halogens is 3. The molecule has 0 radical (unpaired) electrons. The fraction of sp³-hybridized carbons (Fsp3) is 0.500. The number of benzene rings is 1. The normalized spacial score (nSPS) is 19.2. The van der Waals surface area contributed by atoms with Crippen LogP contribution in [-0.2, 0) is 4.79 Å². The van der Waals surface area contributed by atoms with E-state index >= 15 is 0 Å². The lowest BCUT2D eigenvalue weighted by atomic mass is 10.0. The molecule has 32 heavy (non-hydrogen) atoms. The topological polar surface area (TPSA) is 110 Å². The van der Waals surface area contributed by atoms with E-state index in [2.05, 4.69) is 20.5 Å². The van der Waals surface area contributed by atoms with Crippen molar-refractivity contribution in [3.63, 3.8) is 0 Å².